The lowest BCUT2D eigenvalue weighted by Crippen LogP contribution is -2.47. The van der Waals surface area contributed by atoms with Crippen LogP contribution in [-0.4, -0.2) is 69.4 Å². The lowest BCUT2D eigenvalue weighted by Gasteiger charge is -2.36. The van der Waals surface area contributed by atoms with Gasteiger partial charge in [0.15, 0.2) is 0 Å². The number of hydrogen-bond donors (Lipinski definition) is 1. The van der Waals surface area contributed by atoms with Crippen molar-refractivity contribution in [3.63, 3.8) is 0 Å². The first-order valence-electron chi connectivity index (χ1n) is 15.6. The molecule has 6 heteroatoms. The molecule has 3 heterocycles. The number of carbonyl (C=O) groups is 1. The number of nitrogens with zero attached hydrogens (tertiary/aromatic N) is 4. The van der Waals surface area contributed by atoms with Gasteiger partial charge in [-0.15, -0.1) is 0 Å². The number of piperidine rings is 1. The van der Waals surface area contributed by atoms with Gasteiger partial charge in [-0.3, -0.25) is 14.4 Å². The van der Waals surface area contributed by atoms with Gasteiger partial charge in [0.1, 0.15) is 6.04 Å². The number of likely N-dealkylation sites (N-methyl/N-ethyl adjacent to an activating group) is 1. The number of hydrogen-bond acceptors (Lipinski definition) is 4. The van der Waals surface area contributed by atoms with E-state index in [0.29, 0.717) is 23.8 Å². The number of aryl methyl sites for hydroxylation is 3. The van der Waals surface area contributed by atoms with Gasteiger partial charge in [0.05, 0.1) is 5.69 Å². The van der Waals surface area contributed by atoms with E-state index in [1.165, 1.54) is 54.6 Å². The fourth-order valence-corrected chi connectivity index (χ4v) is 8.13. The Morgan fingerprint density at radius 1 is 1.15 bits per heavy atom. The maximum Gasteiger partial charge on any atom is 0.321 e. The predicted molar refractivity (Wildman–Crippen MR) is 157 cm³/mol. The lowest BCUT2D eigenvalue weighted by molar-refractivity contribution is -0.145. The highest BCUT2D eigenvalue weighted by atomic mass is 16.4. The molecule has 0 spiro atoms. The Morgan fingerprint density at radius 2 is 1.92 bits per heavy atom. The molecule has 1 aliphatic carbocycles. The standard InChI is InChI=1S/C33H50N4O2/c1-6-29-31(30-12-7-8-15-37(30)34-29)24-13-16-36(17-14-24)21-26-19-27(35(5)32(22(2)3)33(38)39)20-28(26)25-11-9-10-23(4)18-25/h9-11,18,22,24,26-28,32H,6-8,12-17,19-21H2,1-5H3,(H,38,39)/t26-,27+,28-,32-/m1/s1. The molecule has 4 atom stereocenters. The van der Waals surface area contributed by atoms with Crippen LogP contribution in [0.15, 0.2) is 24.3 Å². The van der Waals surface area contributed by atoms with Crippen LogP contribution in [0.3, 0.4) is 0 Å². The summed E-state index contributed by atoms with van der Waals surface area (Å²) < 4.78 is 2.33. The molecule has 1 N–H and O–H groups in total. The van der Waals surface area contributed by atoms with Crippen LogP contribution in [0.2, 0.25) is 0 Å². The fourth-order valence-electron chi connectivity index (χ4n) is 8.13. The monoisotopic (exact) mass is 534 g/mol. The molecular formula is C33H50N4O2. The van der Waals surface area contributed by atoms with Gasteiger partial charge in [-0.1, -0.05) is 50.6 Å². The van der Waals surface area contributed by atoms with Gasteiger partial charge in [-0.05, 0) is 113 Å². The molecule has 1 aromatic carbocycles. The van der Waals surface area contributed by atoms with Gasteiger partial charge in [0, 0.05) is 24.8 Å². The topological polar surface area (TPSA) is 61.6 Å². The molecule has 2 fully saturated rings. The van der Waals surface area contributed by atoms with Crippen LogP contribution in [0.1, 0.15) is 99.2 Å². The van der Waals surface area contributed by atoms with Crippen molar-refractivity contribution in [1.29, 1.82) is 0 Å². The number of carboxylic acid groups (broad SMARTS) is 1. The van der Waals surface area contributed by atoms with E-state index in [-0.39, 0.29) is 5.92 Å². The summed E-state index contributed by atoms with van der Waals surface area (Å²) in [6.45, 7) is 13.0. The first-order valence-corrected chi connectivity index (χ1v) is 15.6. The maximum absolute atomic E-state index is 12.1. The number of carboxylic acids is 1. The fraction of sp³-hybridized carbons (Fsp3) is 0.697. The van der Waals surface area contributed by atoms with E-state index in [2.05, 4.69) is 52.6 Å². The number of benzene rings is 1. The van der Waals surface area contributed by atoms with Crippen LogP contribution in [0, 0.1) is 18.8 Å². The molecule has 0 radical (unpaired) electrons. The average molecular weight is 535 g/mol. The summed E-state index contributed by atoms with van der Waals surface area (Å²) in [6, 6.07) is 8.90. The third kappa shape index (κ3) is 5.97. The second kappa shape index (κ2) is 12.1. The third-order valence-corrected chi connectivity index (χ3v) is 10.1. The molecule has 1 saturated carbocycles. The Labute approximate surface area is 235 Å². The molecule has 39 heavy (non-hydrogen) atoms. The van der Waals surface area contributed by atoms with E-state index in [1.807, 2.05) is 20.9 Å². The van der Waals surface area contributed by atoms with Gasteiger partial charge in [-0.2, -0.15) is 5.10 Å². The summed E-state index contributed by atoms with van der Waals surface area (Å²) >= 11 is 0. The van der Waals surface area contributed by atoms with Crippen molar-refractivity contribution in [3.05, 3.63) is 52.3 Å². The number of fused-ring (bicyclic) bond motifs is 1. The molecule has 0 unspecified atom stereocenters. The molecule has 2 aliphatic heterocycles. The minimum atomic E-state index is -0.695. The van der Waals surface area contributed by atoms with E-state index in [1.54, 1.807) is 5.56 Å². The number of aromatic nitrogens is 2. The zero-order valence-corrected chi connectivity index (χ0v) is 24.9. The quantitative estimate of drug-likeness (QED) is 0.436. The number of likely N-dealkylation sites (tertiary alicyclic amines) is 1. The van der Waals surface area contributed by atoms with E-state index in [9.17, 15) is 9.90 Å². The van der Waals surface area contributed by atoms with Crippen molar-refractivity contribution in [2.45, 2.75) is 110 Å². The molecular weight excluding hydrogens is 484 g/mol. The zero-order valence-electron chi connectivity index (χ0n) is 24.9. The van der Waals surface area contributed by atoms with Crippen LogP contribution >= 0.6 is 0 Å². The van der Waals surface area contributed by atoms with E-state index < -0.39 is 12.0 Å². The third-order valence-electron chi connectivity index (χ3n) is 10.1. The van der Waals surface area contributed by atoms with E-state index >= 15 is 0 Å². The number of rotatable bonds is 9. The average Bonchev–Trinajstić information content (AvgIpc) is 3.50. The Balaban J connectivity index is 1.29. The predicted octanol–water partition coefficient (Wildman–Crippen LogP) is 5.87. The summed E-state index contributed by atoms with van der Waals surface area (Å²) in [6.07, 6.45) is 9.38. The lowest BCUT2D eigenvalue weighted by atomic mass is 9.84. The number of aliphatic carboxylic acids is 1. The van der Waals surface area contributed by atoms with Crippen molar-refractivity contribution >= 4 is 5.97 Å². The highest BCUT2D eigenvalue weighted by molar-refractivity contribution is 5.73. The Bertz CT molecular complexity index is 1130. The minimum absolute atomic E-state index is 0.0885. The SMILES string of the molecule is CCc1nn2c(c1C1CCN(C[C@H]3C[C@H](N(C)[C@@H](C(=O)O)C(C)C)C[C@@H]3c3cccc(C)c3)CC1)CCCC2. The Hall–Kier alpha value is -2.18. The summed E-state index contributed by atoms with van der Waals surface area (Å²) in [5.74, 6) is 1.07. The van der Waals surface area contributed by atoms with E-state index in [0.717, 1.165) is 45.4 Å². The van der Waals surface area contributed by atoms with Crippen LogP contribution < -0.4 is 0 Å². The summed E-state index contributed by atoms with van der Waals surface area (Å²) in [5, 5.41) is 15.0. The molecule has 1 aromatic heterocycles. The largest absolute Gasteiger partial charge is 0.480 e. The second-order valence-electron chi connectivity index (χ2n) is 13.0. The van der Waals surface area contributed by atoms with Gasteiger partial charge in [0.2, 0.25) is 0 Å². The van der Waals surface area contributed by atoms with Crippen LogP contribution in [0.25, 0.3) is 0 Å². The molecule has 0 amide bonds. The highest BCUT2D eigenvalue weighted by Gasteiger charge is 2.42. The zero-order chi connectivity index (χ0) is 27.7. The van der Waals surface area contributed by atoms with E-state index in [4.69, 9.17) is 5.10 Å². The van der Waals surface area contributed by atoms with Crippen LogP contribution in [0.4, 0.5) is 0 Å². The van der Waals surface area contributed by atoms with Crippen LogP contribution in [0.5, 0.6) is 0 Å². The van der Waals surface area contributed by atoms with Gasteiger partial charge in [-0.25, -0.2) is 0 Å². The first-order chi connectivity index (χ1) is 18.8. The summed E-state index contributed by atoms with van der Waals surface area (Å²) in [4.78, 5) is 17.0. The Morgan fingerprint density at radius 3 is 2.59 bits per heavy atom. The first kappa shape index (κ1) is 28.4. The van der Waals surface area contributed by atoms with Crippen LogP contribution in [-0.2, 0) is 24.2 Å². The molecule has 5 rings (SSSR count). The van der Waals surface area contributed by atoms with Crippen molar-refractivity contribution in [1.82, 2.24) is 19.6 Å². The molecule has 2 aromatic rings. The minimum Gasteiger partial charge on any atom is -0.480 e. The van der Waals surface area contributed by atoms with Crippen molar-refractivity contribution in [2.75, 3.05) is 26.7 Å². The van der Waals surface area contributed by atoms with Crippen molar-refractivity contribution < 1.29 is 9.90 Å². The molecule has 214 valence electrons. The summed E-state index contributed by atoms with van der Waals surface area (Å²) in [7, 11) is 2.04. The molecule has 1 saturated heterocycles. The normalized spacial score (nSPS) is 25.4. The Kier molecular flexibility index (Phi) is 8.82. The van der Waals surface area contributed by atoms with Gasteiger partial charge < -0.3 is 10.0 Å². The second-order valence-corrected chi connectivity index (χ2v) is 13.0. The van der Waals surface area contributed by atoms with Crippen molar-refractivity contribution in [3.8, 4) is 0 Å². The smallest absolute Gasteiger partial charge is 0.321 e. The maximum atomic E-state index is 12.1. The summed E-state index contributed by atoms with van der Waals surface area (Å²) in [5.41, 5.74) is 7.23. The molecule has 0 bridgehead atoms. The highest BCUT2D eigenvalue weighted by Crippen LogP contribution is 2.44. The molecule has 6 nitrogen and oxygen atoms in total. The van der Waals surface area contributed by atoms with Crippen molar-refractivity contribution in [2.24, 2.45) is 11.8 Å². The molecule has 3 aliphatic rings. The van der Waals surface area contributed by atoms with Gasteiger partial charge in [0.25, 0.3) is 0 Å². The van der Waals surface area contributed by atoms with Gasteiger partial charge >= 0.3 is 5.97 Å².